The molecule has 0 fully saturated rings. The van der Waals surface area contributed by atoms with Gasteiger partial charge in [-0.1, -0.05) is 70.7 Å². The first kappa shape index (κ1) is 34.0. The minimum atomic E-state index is -0.987. The van der Waals surface area contributed by atoms with E-state index in [-0.39, 0.29) is 28.3 Å². The van der Waals surface area contributed by atoms with Crippen LogP contribution < -0.4 is 16.8 Å². The zero-order chi connectivity index (χ0) is 33.4. The Bertz CT molecular complexity index is 2170. The molecule has 0 radical (unpaired) electrons. The third-order valence-electron chi connectivity index (χ3n) is 6.32. The minimum Gasteiger partial charge on any atom is -0.478 e. The van der Waals surface area contributed by atoms with Crippen molar-refractivity contribution in [3.05, 3.63) is 133 Å². The second-order valence-electron chi connectivity index (χ2n) is 9.30. The number of nitrogen functional groups attached to an aromatic ring is 1. The van der Waals surface area contributed by atoms with E-state index < -0.39 is 5.97 Å². The number of ketones is 1. The van der Waals surface area contributed by atoms with Crippen LogP contribution in [0.3, 0.4) is 0 Å². The summed E-state index contributed by atoms with van der Waals surface area (Å²) >= 11 is 23.5. The lowest BCUT2D eigenvalue weighted by atomic mass is 10.1. The number of carbonyl (C=O) groups is 2. The summed E-state index contributed by atoms with van der Waals surface area (Å²) in [5.74, 6) is 3.80. The van der Waals surface area contributed by atoms with Gasteiger partial charge in [-0.2, -0.15) is 10.4 Å². The minimum absolute atomic E-state index is 0.142. The number of nitrogens with two attached hydrogens (primary N) is 1. The summed E-state index contributed by atoms with van der Waals surface area (Å²) in [6, 6.07) is 27.1. The van der Waals surface area contributed by atoms with Crippen molar-refractivity contribution in [2.24, 2.45) is 5.84 Å². The normalized spacial score (nSPS) is 10.3. The van der Waals surface area contributed by atoms with Gasteiger partial charge in [-0.3, -0.25) is 15.4 Å². The maximum absolute atomic E-state index is 12.1. The van der Waals surface area contributed by atoms with E-state index in [1.165, 1.54) is 18.2 Å². The highest BCUT2D eigenvalue weighted by atomic mass is 35.5. The van der Waals surface area contributed by atoms with Crippen molar-refractivity contribution in [2.45, 2.75) is 6.42 Å². The molecule has 46 heavy (non-hydrogen) atoms. The molecule has 0 saturated carbocycles. The van der Waals surface area contributed by atoms with Crippen LogP contribution in [0.1, 0.15) is 27.1 Å². The largest absolute Gasteiger partial charge is 0.478 e. The van der Waals surface area contributed by atoms with Gasteiger partial charge in [0.2, 0.25) is 0 Å². The second-order valence-corrected chi connectivity index (χ2v) is 11.0. The van der Waals surface area contributed by atoms with E-state index in [1.54, 1.807) is 59.1 Å². The molecule has 0 spiro atoms. The van der Waals surface area contributed by atoms with Crippen LogP contribution in [0.2, 0.25) is 20.1 Å². The summed E-state index contributed by atoms with van der Waals surface area (Å²) < 4.78 is 1.71. The predicted octanol–water partition coefficient (Wildman–Crippen LogP) is 7.91. The molecule has 14 heteroatoms. The van der Waals surface area contributed by atoms with Crippen molar-refractivity contribution in [2.75, 3.05) is 5.43 Å². The number of carbonyl (C=O) groups excluding carboxylic acids is 1. The van der Waals surface area contributed by atoms with Gasteiger partial charge in [0, 0.05) is 27.2 Å². The van der Waals surface area contributed by atoms with Gasteiger partial charge in [-0.15, -0.1) is 0 Å². The number of nitrogens with one attached hydrogen (secondary N) is 2. The van der Waals surface area contributed by atoms with Gasteiger partial charge >= 0.3 is 5.97 Å². The molecule has 232 valence electrons. The van der Waals surface area contributed by atoms with E-state index in [1.807, 2.05) is 24.3 Å². The molecule has 5 N–H and O–H groups in total. The Morgan fingerprint density at radius 2 is 1.54 bits per heavy atom. The molecule has 6 aromatic rings. The van der Waals surface area contributed by atoms with Gasteiger partial charge in [0.05, 0.1) is 50.4 Å². The van der Waals surface area contributed by atoms with Crippen LogP contribution in [-0.4, -0.2) is 31.5 Å². The number of fused-ring (bicyclic) bond motifs is 3. The maximum Gasteiger partial charge on any atom is 0.337 e. The fraction of sp³-hybridized carbons (Fsp3) is 0.0312. The molecule has 2 aromatic heterocycles. The monoisotopic (exact) mass is 694 g/mol. The highest BCUT2D eigenvalue weighted by Crippen LogP contribution is 2.30. The molecule has 0 aliphatic carbocycles. The van der Waals surface area contributed by atoms with Crippen molar-refractivity contribution in [1.29, 1.82) is 5.26 Å². The molecule has 10 nitrogen and oxygen atoms in total. The number of aromatic amines is 1. The van der Waals surface area contributed by atoms with E-state index >= 15 is 0 Å². The Morgan fingerprint density at radius 3 is 2.17 bits per heavy atom. The van der Waals surface area contributed by atoms with Gasteiger partial charge in [0.1, 0.15) is 5.65 Å². The lowest BCUT2D eigenvalue weighted by Crippen LogP contribution is -2.11. The van der Waals surface area contributed by atoms with Crippen LogP contribution in [0.25, 0.3) is 27.8 Å². The Kier molecular flexibility index (Phi) is 11.4. The quantitative estimate of drug-likeness (QED) is 0.0802. The number of nitrogens with zero attached hydrogens (tertiary/aromatic N) is 3. The highest BCUT2D eigenvalue weighted by molar-refractivity contribution is 6.37. The van der Waals surface area contributed by atoms with Crippen LogP contribution in [0.4, 0.5) is 5.69 Å². The van der Waals surface area contributed by atoms with Crippen LogP contribution in [0, 0.1) is 11.3 Å². The number of anilines is 1. The first-order valence-electron chi connectivity index (χ1n) is 13.1. The number of hydrogen-bond donors (Lipinski definition) is 4. The van der Waals surface area contributed by atoms with Gasteiger partial charge in [-0.05, 0) is 60.7 Å². The molecular formula is C32H22Cl4N6O4. The molecule has 0 atom stereocenters. The smallest absolute Gasteiger partial charge is 0.337 e. The molecule has 6 rings (SSSR count). The van der Waals surface area contributed by atoms with Gasteiger partial charge in [-0.25, -0.2) is 9.31 Å². The zero-order valence-electron chi connectivity index (χ0n) is 23.5. The van der Waals surface area contributed by atoms with Crippen molar-refractivity contribution < 1.29 is 14.7 Å². The fourth-order valence-electron chi connectivity index (χ4n) is 4.19. The van der Waals surface area contributed by atoms with Crippen molar-refractivity contribution in [1.82, 2.24) is 14.6 Å². The maximum atomic E-state index is 12.1. The van der Waals surface area contributed by atoms with Crippen molar-refractivity contribution in [3.8, 4) is 17.3 Å². The van der Waals surface area contributed by atoms with E-state index in [9.17, 15) is 14.4 Å². The van der Waals surface area contributed by atoms with E-state index in [4.69, 9.17) is 62.6 Å². The first-order valence-corrected chi connectivity index (χ1v) is 14.7. The Morgan fingerprint density at radius 1 is 0.891 bits per heavy atom. The molecule has 0 unspecified atom stereocenters. The number of para-hydroxylation sites is 2. The van der Waals surface area contributed by atoms with Crippen LogP contribution in [0.5, 0.6) is 0 Å². The number of halogens is 4. The molecule has 4 aromatic carbocycles. The number of benzene rings is 4. The van der Waals surface area contributed by atoms with Gasteiger partial charge in [0.15, 0.2) is 5.78 Å². The van der Waals surface area contributed by atoms with Gasteiger partial charge < -0.3 is 15.5 Å². The lowest BCUT2D eigenvalue weighted by Gasteiger charge is -2.02. The van der Waals surface area contributed by atoms with Crippen LogP contribution in [0.15, 0.2) is 95.8 Å². The molecule has 2 heterocycles. The SMILES string of the molecule is N#CCC(=O)c1ccc(Cl)cc1Cl.NNc1ccccc1C(=O)O.O=c1[nH]c2cc(-c3ccc(Cl)cc3Cl)nn2c2ccccc12. The molecule has 0 aliphatic rings. The lowest BCUT2D eigenvalue weighted by molar-refractivity contribution is 0.0697. The number of hydrazine groups is 1. The van der Waals surface area contributed by atoms with Crippen LogP contribution in [-0.2, 0) is 0 Å². The van der Waals surface area contributed by atoms with E-state index in [0.717, 1.165) is 11.1 Å². The molecule has 0 aliphatic heterocycles. The third kappa shape index (κ3) is 8.03. The van der Waals surface area contributed by atoms with Crippen molar-refractivity contribution in [3.63, 3.8) is 0 Å². The number of aromatic carboxylic acids is 1. The average Bonchev–Trinajstić information content (AvgIpc) is 3.45. The standard InChI is InChI=1S/C16H9Cl2N3O.C9H5Cl2NO.C7H8N2O2/c17-9-5-6-10(12(18)7-9)13-8-15-19-16(22)11-3-1-2-4-14(11)21(15)20-13;10-6-1-2-7(8(11)5-6)9(13)3-4-12;8-9-6-4-2-1-3-5(6)7(10)11/h1-8H,(H,19,22);1-2,5H,3H2;1-4,9H,8H2,(H,10,11). The summed E-state index contributed by atoms with van der Waals surface area (Å²) in [7, 11) is 0. The Hall–Kier alpha value is -4.89. The summed E-state index contributed by atoms with van der Waals surface area (Å²) in [5.41, 5.74) is 5.89. The zero-order valence-corrected chi connectivity index (χ0v) is 26.5. The van der Waals surface area contributed by atoms with Crippen molar-refractivity contribution >= 4 is 80.4 Å². The predicted molar refractivity (Wildman–Crippen MR) is 181 cm³/mol. The third-order valence-corrected chi connectivity index (χ3v) is 7.41. The molecular weight excluding hydrogens is 674 g/mol. The summed E-state index contributed by atoms with van der Waals surface area (Å²) in [4.78, 5) is 36.7. The number of rotatable bonds is 5. The summed E-state index contributed by atoms with van der Waals surface area (Å²) in [5, 5.41) is 23.9. The Labute approximate surface area is 281 Å². The number of aromatic nitrogens is 3. The summed E-state index contributed by atoms with van der Waals surface area (Å²) in [6.07, 6.45) is -0.165. The van der Waals surface area contributed by atoms with E-state index in [2.05, 4.69) is 15.5 Å². The average molecular weight is 696 g/mol. The number of nitriles is 1. The molecule has 0 saturated heterocycles. The molecule has 0 bridgehead atoms. The number of Topliss-reactive ketones (excluding diaryl/α,β-unsaturated/α-hetero) is 1. The number of hydrogen-bond acceptors (Lipinski definition) is 7. The van der Waals surface area contributed by atoms with Crippen LogP contribution >= 0.6 is 46.4 Å². The second kappa shape index (κ2) is 15.4. The number of H-pyrrole nitrogens is 1. The molecule has 0 amide bonds. The highest BCUT2D eigenvalue weighted by Gasteiger charge is 2.13. The fourth-order valence-corrected chi connectivity index (χ4v) is 5.21. The topological polar surface area (TPSA) is 166 Å². The number of carboxylic acid groups (broad SMARTS) is 1. The van der Waals surface area contributed by atoms with E-state index in [0.29, 0.717) is 43.0 Å². The summed E-state index contributed by atoms with van der Waals surface area (Å²) in [6.45, 7) is 0. The first-order chi connectivity index (χ1) is 22.0. The number of carboxylic acids is 1. The van der Waals surface area contributed by atoms with Gasteiger partial charge in [0.25, 0.3) is 5.56 Å². The Balaban J connectivity index is 0.000000171.